The van der Waals surface area contributed by atoms with Crippen LogP contribution in [0.2, 0.25) is 5.02 Å². The highest BCUT2D eigenvalue weighted by Gasteiger charge is 2.22. The number of rotatable bonds is 7. The van der Waals surface area contributed by atoms with Crippen LogP contribution >= 0.6 is 27.5 Å². The van der Waals surface area contributed by atoms with Crippen LogP contribution in [0.15, 0.2) is 75.0 Å². The molecule has 0 unspecified atom stereocenters. The molecule has 200 valence electrons. The van der Waals surface area contributed by atoms with Gasteiger partial charge in [0.05, 0.1) is 21.6 Å². The summed E-state index contributed by atoms with van der Waals surface area (Å²) >= 11 is 9.76. The second kappa shape index (κ2) is 12.1. The van der Waals surface area contributed by atoms with E-state index in [1.807, 2.05) is 12.1 Å². The predicted octanol–water partition coefficient (Wildman–Crippen LogP) is 6.90. The Kier molecular flexibility index (Phi) is 8.38. The molecule has 1 heterocycles. The quantitative estimate of drug-likeness (QED) is 0.231. The van der Waals surface area contributed by atoms with Crippen molar-refractivity contribution in [3.8, 4) is 5.75 Å². The molecule has 1 amide bonds. The summed E-state index contributed by atoms with van der Waals surface area (Å²) in [4.78, 5) is 30.8. The van der Waals surface area contributed by atoms with Crippen LogP contribution in [-0.4, -0.2) is 28.4 Å². The Balaban J connectivity index is 1.46. The summed E-state index contributed by atoms with van der Waals surface area (Å²) in [6, 6.07) is 16.0. The molecule has 1 aliphatic rings. The van der Waals surface area contributed by atoms with Gasteiger partial charge < -0.3 is 10.1 Å². The maximum Gasteiger partial charge on any atom is 0.282 e. The zero-order chi connectivity index (χ0) is 27.4. The number of nitrogens with zero attached hydrogens (tertiary/aromatic N) is 3. The first-order valence-electron chi connectivity index (χ1n) is 12.6. The zero-order valence-corrected chi connectivity index (χ0v) is 23.2. The molecule has 1 aliphatic carbocycles. The van der Waals surface area contributed by atoms with Crippen molar-refractivity contribution < 1.29 is 13.9 Å². The van der Waals surface area contributed by atoms with Gasteiger partial charge in [0.1, 0.15) is 17.4 Å². The van der Waals surface area contributed by atoms with Crippen LogP contribution in [0.5, 0.6) is 5.75 Å². The van der Waals surface area contributed by atoms with Gasteiger partial charge in [0, 0.05) is 22.2 Å². The molecule has 0 atom stereocenters. The van der Waals surface area contributed by atoms with Crippen LogP contribution in [0.25, 0.3) is 10.9 Å². The fraction of sp³-hybridized carbons (Fsp3) is 0.241. The standard InChI is InChI=1S/C29H25BrClFN4O3/c30-24-15-20(31)14-19(27(24)39-17-26(37)34-22-12-10-21(32)11-13-22)16-33-36-28(18-6-2-1-3-7-18)35-25-9-5-4-8-23(25)29(36)38/h4-5,8-16,18H,1-3,6-7,17H2,(H,34,37). The minimum atomic E-state index is -0.430. The lowest BCUT2D eigenvalue weighted by molar-refractivity contribution is -0.118. The monoisotopic (exact) mass is 610 g/mol. The molecule has 1 N–H and O–H groups in total. The van der Waals surface area contributed by atoms with Crippen molar-refractivity contribution >= 4 is 56.2 Å². The Labute approximate surface area is 237 Å². The fourth-order valence-corrected chi connectivity index (χ4v) is 5.64. The van der Waals surface area contributed by atoms with Crippen LogP contribution in [0.4, 0.5) is 10.1 Å². The first-order valence-corrected chi connectivity index (χ1v) is 13.8. The molecule has 3 aromatic carbocycles. The molecule has 10 heteroatoms. The second-order valence-electron chi connectivity index (χ2n) is 9.33. The molecule has 0 radical (unpaired) electrons. The van der Waals surface area contributed by atoms with Crippen LogP contribution in [-0.2, 0) is 4.79 Å². The van der Waals surface area contributed by atoms with Gasteiger partial charge in [-0.05, 0) is 77.3 Å². The van der Waals surface area contributed by atoms with Gasteiger partial charge in [-0.15, -0.1) is 0 Å². The summed E-state index contributed by atoms with van der Waals surface area (Å²) in [7, 11) is 0. The lowest BCUT2D eigenvalue weighted by atomic mass is 9.88. The maximum absolute atomic E-state index is 13.5. The van der Waals surface area contributed by atoms with E-state index >= 15 is 0 Å². The first-order chi connectivity index (χ1) is 18.9. The molecular formula is C29H25BrClFN4O3. The van der Waals surface area contributed by atoms with E-state index in [0.717, 1.165) is 25.7 Å². The van der Waals surface area contributed by atoms with Gasteiger partial charge in [-0.1, -0.05) is 43.0 Å². The predicted molar refractivity (Wildman–Crippen MR) is 154 cm³/mol. The van der Waals surface area contributed by atoms with Gasteiger partial charge in [-0.2, -0.15) is 9.78 Å². The van der Waals surface area contributed by atoms with Gasteiger partial charge in [0.15, 0.2) is 6.61 Å². The average molecular weight is 612 g/mol. The molecular weight excluding hydrogens is 587 g/mol. The fourth-order valence-electron chi connectivity index (χ4n) is 4.69. The van der Waals surface area contributed by atoms with E-state index < -0.39 is 11.7 Å². The largest absolute Gasteiger partial charge is 0.482 e. The molecule has 0 spiro atoms. The second-order valence-corrected chi connectivity index (χ2v) is 10.6. The van der Waals surface area contributed by atoms with E-state index in [-0.39, 0.29) is 18.1 Å². The summed E-state index contributed by atoms with van der Waals surface area (Å²) in [5.74, 6) is 0.270. The SMILES string of the molecule is O=C(COc1c(Br)cc(Cl)cc1C=Nn1c(C2CCCCC2)nc2ccccc2c1=O)Nc1ccc(F)cc1. The molecule has 0 aliphatic heterocycles. The number of ether oxygens (including phenoxy) is 1. The maximum atomic E-state index is 13.5. The van der Waals surface area contributed by atoms with Crippen LogP contribution in [0.1, 0.15) is 49.4 Å². The van der Waals surface area contributed by atoms with E-state index in [1.54, 1.807) is 24.3 Å². The molecule has 0 saturated heterocycles. The van der Waals surface area contributed by atoms with E-state index in [9.17, 15) is 14.0 Å². The third-order valence-electron chi connectivity index (χ3n) is 6.57. The van der Waals surface area contributed by atoms with Gasteiger partial charge in [-0.3, -0.25) is 9.59 Å². The highest BCUT2D eigenvalue weighted by Crippen LogP contribution is 2.33. The Bertz CT molecular complexity index is 1600. The number of amides is 1. The molecule has 5 rings (SSSR count). The Morgan fingerprint density at radius 3 is 2.67 bits per heavy atom. The highest BCUT2D eigenvalue weighted by atomic mass is 79.9. The smallest absolute Gasteiger partial charge is 0.282 e. The van der Waals surface area contributed by atoms with Crippen molar-refractivity contribution in [2.24, 2.45) is 5.10 Å². The van der Waals surface area contributed by atoms with Crippen LogP contribution in [0.3, 0.4) is 0 Å². The summed E-state index contributed by atoms with van der Waals surface area (Å²) in [5, 5.41) is 8.13. The summed E-state index contributed by atoms with van der Waals surface area (Å²) < 4.78 is 20.9. The number of nitrogens with one attached hydrogen (secondary N) is 1. The van der Waals surface area contributed by atoms with Crippen molar-refractivity contribution in [2.45, 2.75) is 38.0 Å². The minimum Gasteiger partial charge on any atom is -0.482 e. The van der Waals surface area contributed by atoms with Gasteiger partial charge in [0.2, 0.25) is 0 Å². The third-order valence-corrected chi connectivity index (χ3v) is 7.38. The topological polar surface area (TPSA) is 85.6 Å². The minimum absolute atomic E-state index is 0.130. The number of aromatic nitrogens is 2. The summed E-state index contributed by atoms with van der Waals surface area (Å²) in [6.07, 6.45) is 6.71. The van der Waals surface area contributed by atoms with Gasteiger partial charge in [0.25, 0.3) is 11.5 Å². The van der Waals surface area contributed by atoms with Crippen molar-refractivity contribution in [2.75, 3.05) is 11.9 Å². The molecule has 1 fully saturated rings. The normalized spacial score (nSPS) is 14.1. The van der Waals surface area contributed by atoms with Crippen LogP contribution < -0.4 is 15.6 Å². The number of benzene rings is 3. The zero-order valence-electron chi connectivity index (χ0n) is 20.9. The van der Waals surface area contributed by atoms with Crippen molar-refractivity contribution in [1.82, 2.24) is 9.66 Å². The summed E-state index contributed by atoms with van der Waals surface area (Å²) in [5.41, 5.74) is 1.31. The Hall–Kier alpha value is -3.56. The van der Waals surface area contributed by atoms with Crippen LogP contribution in [0, 0.1) is 5.82 Å². The lowest BCUT2D eigenvalue weighted by Gasteiger charge is -2.22. The van der Waals surface area contributed by atoms with Crippen molar-refractivity contribution in [3.63, 3.8) is 0 Å². The number of halogens is 3. The highest BCUT2D eigenvalue weighted by molar-refractivity contribution is 9.10. The number of carbonyl (C=O) groups is 1. The molecule has 7 nitrogen and oxygen atoms in total. The van der Waals surface area contributed by atoms with E-state index in [1.165, 1.54) is 41.6 Å². The van der Waals surface area contributed by atoms with E-state index in [0.29, 0.717) is 43.2 Å². The number of anilines is 1. The van der Waals surface area contributed by atoms with Gasteiger partial charge >= 0.3 is 0 Å². The van der Waals surface area contributed by atoms with Crippen molar-refractivity contribution in [1.29, 1.82) is 0 Å². The first kappa shape index (κ1) is 27.0. The Morgan fingerprint density at radius 2 is 1.90 bits per heavy atom. The van der Waals surface area contributed by atoms with E-state index in [2.05, 4.69) is 26.3 Å². The average Bonchev–Trinajstić information content (AvgIpc) is 2.93. The lowest BCUT2D eigenvalue weighted by Crippen LogP contribution is -2.25. The number of hydrogen-bond donors (Lipinski definition) is 1. The third kappa shape index (κ3) is 6.37. The molecule has 39 heavy (non-hydrogen) atoms. The molecule has 1 saturated carbocycles. The number of fused-ring (bicyclic) bond motifs is 1. The molecule has 4 aromatic rings. The molecule has 0 bridgehead atoms. The van der Waals surface area contributed by atoms with Gasteiger partial charge in [-0.25, -0.2) is 9.37 Å². The number of hydrogen-bond acceptors (Lipinski definition) is 5. The number of para-hydroxylation sites is 1. The summed E-state index contributed by atoms with van der Waals surface area (Å²) in [6.45, 7) is -0.316. The number of carbonyl (C=O) groups excluding carboxylic acids is 1. The van der Waals surface area contributed by atoms with E-state index in [4.69, 9.17) is 21.3 Å². The Morgan fingerprint density at radius 1 is 1.15 bits per heavy atom. The molecule has 1 aromatic heterocycles. The van der Waals surface area contributed by atoms with Crippen molar-refractivity contribution in [3.05, 3.63) is 97.7 Å².